The minimum absolute atomic E-state index is 0.0442. The number of ketones is 1. The Labute approximate surface area is 117 Å². The molecule has 2 nitrogen and oxygen atoms in total. The quantitative estimate of drug-likeness (QED) is 0.794. The summed E-state index contributed by atoms with van der Waals surface area (Å²) in [6.45, 7) is 10.5. The summed E-state index contributed by atoms with van der Waals surface area (Å²) in [6.07, 6.45) is 2.08. The molecule has 0 saturated heterocycles. The highest BCUT2D eigenvalue weighted by Crippen LogP contribution is 2.34. The van der Waals surface area contributed by atoms with Crippen molar-refractivity contribution in [2.45, 2.75) is 59.3 Å². The van der Waals surface area contributed by atoms with E-state index in [1.807, 2.05) is 6.92 Å². The van der Waals surface area contributed by atoms with E-state index >= 15 is 0 Å². The van der Waals surface area contributed by atoms with Gasteiger partial charge in [0.1, 0.15) is 11.5 Å². The summed E-state index contributed by atoms with van der Waals surface area (Å²) in [5.74, 6) is 1.27. The molecule has 0 bridgehead atoms. The Morgan fingerprint density at radius 1 is 1.26 bits per heavy atom. The molecular formula is C17H26O2. The summed E-state index contributed by atoms with van der Waals surface area (Å²) in [5, 5.41) is 0. The highest BCUT2D eigenvalue weighted by atomic mass is 16.5. The third kappa shape index (κ3) is 4.09. The number of rotatable bonds is 5. The number of ether oxygens (including phenoxy) is 1. The monoisotopic (exact) mass is 262 g/mol. The average Bonchev–Trinajstić information content (AvgIpc) is 2.34. The number of carbonyl (C=O) groups excluding carboxylic acids is 1. The van der Waals surface area contributed by atoms with Crippen molar-refractivity contribution in [1.29, 1.82) is 0 Å². The molecule has 0 aromatic heterocycles. The van der Waals surface area contributed by atoms with Crippen molar-refractivity contribution in [2.24, 2.45) is 0 Å². The molecule has 0 radical (unpaired) electrons. The minimum Gasteiger partial charge on any atom is -0.496 e. The number of hydrogen-bond acceptors (Lipinski definition) is 2. The fourth-order valence-corrected chi connectivity index (χ4v) is 2.20. The van der Waals surface area contributed by atoms with Crippen LogP contribution in [-0.4, -0.2) is 12.9 Å². The van der Waals surface area contributed by atoms with E-state index < -0.39 is 0 Å². The first kappa shape index (κ1) is 15.7. The van der Waals surface area contributed by atoms with Crippen molar-refractivity contribution >= 4 is 5.78 Å². The molecule has 0 saturated carbocycles. The van der Waals surface area contributed by atoms with Gasteiger partial charge < -0.3 is 4.74 Å². The molecule has 0 heterocycles. The second kappa shape index (κ2) is 6.23. The lowest BCUT2D eigenvalue weighted by atomic mass is 9.83. The van der Waals surface area contributed by atoms with Crippen LogP contribution in [0.25, 0.3) is 0 Å². The van der Waals surface area contributed by atoms with Crippen molar-refractivity contribution in [3.8, 4) is 5.75 Å². The molecule has 1 rings (SSSR count). The van der Waals surface area contributed by atoms with Gasteiger partial charge in [-0.1, -0.05) is 33.8 Å². The topological polar surface area (TPSA) is 26.3 Å². The van der Waals surface area contributed by atoms with Gasteiger partial charge in [-0.3, -0.25) is 4.79 Å². The first-order valence-corrected chi connectivity index (χ1v) is 6.99. The smallest absolute Gasteiger partial charge is 0.132 e. The van der Waals surface area contributed by atoms with Gasteiger partial charge in [0.25, 0.3) is 0 Å². The van der Waals surface area contributed by atoms with Crippen LogP contribution in [0.3, 0.4) is 0 Å². The Hall–Kier alpha value is -1.31. The molecule has 0 amide bonds. The molecule has 2 heteroatoms. The fraction of sp³-hybridized carbons (Fsp3) is 0.588. The maximum atomic E-state index is 11.5. The first-order valence-electron chi connectivity index (χ1n) is 6.99. The fourth-order valence-electron chi connectivity index (χ4n) is 2.20. The molecule has 0 spiro atoms. The van der Waals surface area contributed by atoms with Gasteiger partial charge >= 0.3 is 0 Å². The molecule has 1 aromatic carbocycles. The van der Waals surface area contributed by atoms with Gasteiger partial charge in [-0.25, -0.2) is 0 Å². The molecule has 1 aromatic rings. The van der Waals surface area contributed by atoms with Crippen LogP contribution in [0.5, 0.6) is 5.75 Å². The zero-order valence-electron chi connectivity index (χ0n) is 13.1. The third-order valence-electron chi connectivity index (χ3n) is 3.53. The van der Waals surface area contributed by atoms with Gasteiger partial charge in [-0.05, 0) is 41.5 Å². The van der Waals surface area contributed by atoms with Gasteiger partial charge in [0, 0.05) is 12.8 Å². The average molecular weight is 262 g/mol. The molecule has 0 aliphatic rings. The summed E-state index contributed by atoms with van der Waals surface area (Å²) < 4.78 is 5.49. The van der Waals surface area contributed by atoms with Crippen LogP contribution in [0.1, 0.15) is 57.2 Å². The second-order valence-electron chi connectivity index (χ2n) is 6.12. The summed E-state index contributed by atoms with van der Waals surface area (Å²) in [5.41, 5.74) is 3.71. The van der Waals surface area contributed by atoms with Gasteiger partial charge in [-0.15, -0.1) is 0 Å². The van der Waals surface area contributed by atoms with Crippen LogP contribution in [0, 0.1) is 6.92 Å². The third-order valence-corrected chi connectivity index (χ3v) is 3.53. The highest BCUT2D eigenvalue weighted by molar-refractivity contribution is 5.78. The highest BCUT2D eigenvalue weighted by Gasteiger charge is 2.20. The van der Waals surface area contributed by atoms with E-state index in [0.29, 0.717) is 18.6 Å². The van der Waals surface area contributed by atoms with Crippen LogP contribution in [0.15, 0.2) is 12.1 Å². The van der Waals surface area contributed by atoms with Crippen molar-refractivity contribution < 1.29 is 9.53 Å². The molecule has 106 valence electrons. The molecule has 0 N–H and O–H groups in total. The zero-order chi connectivity index (χ0) is 14.6. The summed E-state index contributed by atoms with van der Waals surface area (Å²) in [7, 11) is 1.71. The molecule has 0 fully saturated rings. The van der Waals surface area contributed by atoms with Crippen LogP contribution < -0.4 is 4.74 Å². The number of Topliss-reactive ketones (excluding diaryl/α,β-unsaturated/α-hetero) is 1. The second-order valence-corrected chi connectivity index (χ2v) is 6.12. The summed E-state index contributed by atoms with van der Waals surface area (Å²) in [6, 6.07) is 4.30. The lowest BCUT2D eigenvalue weighted by molar-refractivity contribution is -0.118. The number of carbonyl (C=O) groups is 1. The maximum Gasteiger partial charge on any atom is 0.132 e. The largest absolute Gasteiger partial charge is 0.496 e. The van der Waals surface area contributed by atoms with Gasteiger partial charge in [0.05, 0.1) is 7.11 Å². The lowest BCUT2D eigenvalue weighted by Gasteiger charge is -2.24. The number of methoxy groups -OCH3 is 1. The van der Waals surface area contributed by atoms with Gasteiger partial charge in [0.15, 0.2) is 0 Å². The molecule has 0 atom stereocenters. The van der Waals surface area contributed by atoms with Crippen LogP contribution in [0.4, 0.5) is 0 Å². The van der Waals surface area contributed by atoms with Crippen LogP contribution in [-0.2, 0) is 16.6 Å². The van der Waals surface area contributed by atoms with E-state index in [9.17, 15) is 4.79 Å². The molecule has 0 unspecified atom stereocenters. The SMILES string of the molecule is CCC(=O)CCc1cc(C(C)(C)C)c(OC)cc1C. The van der Waals surface area contributed by atoms with Crippen LogP contribution in [0.2, 0.25) is 0 Å². The number of aryl methyl sites for hydroxylation is 2. The minimum atomic E-state index is 0.0442. The molecule has 0 aliphatic carbocycles. The summed E-state index contributed by atoms with van der Waals surface area (Å²) in [4.78, 5) is 11.5. The van der Waals surface area contributed by atoms with Crippen molar-refractivity contribution in [1.82, 2.24) is 0 Å². The summed E-state index contributed by atoms with van der Waals surface area (Å²) >= 11 is 0. The standard InChI is InChI=1S/C17H26O2/c1-7-14(18)9-8-13-11-15(17(3,4)5)16(19-6)10-12(13)2/h10-11H,7-9H2,1-6H3. The number of benzene rings is 1. The van der Waals surface area contributed by atoms with Crippen molar-refractivity contribution in [2.75, 3.05) is 7.11 Å². The van der Waals surface area contributed by atoms with Crippen molar-refractivity contribution in [3.63, 3.8) is 0 Å². The van der Waals surface area contributed by atoms with Gasteiger partial charge in [0.2, 0.25) is 0 Å². The van der Waals surface area contributed by atoms with E-state index in [0.717, 1.165) is 12.2 Å². The molecule has 19 heavy (non-hydrogen) atoms. The Bertz CT molecular complexity index is 453. The van der Waals surface area contributed by atoms with E-state index in [-0.39, 0.29) is 5.41 Å². The maximum absolute atomic E-state index is 11.5. The zero-order valence-corrected chi connectivity index (χ0v) is 13.1. The van der Waals surface area contributed by atoms with Crippen LogP contribution >= 0.6 is 0 Å². The Balaban J connectivity index is 3.09. The van der Waals surface area contributed by atoms with Crippen molar-refractivity contribution in [3.05, 3.63) is 28.8 Å². The number of hydrogen-bond donors (Lipinski definition) is 0. The van der Waals surface area contributed by atoms with E-state index in [4.69, 9.17) is 4.74 Å². The first-order chi connectivity index (χ1) is 8.79. The van der Waals surface area contributed by atoms with E-state index in [2.05, 4.69) is 39.8 Å². The van der Waals surface area contributed by atoms with E-state index in [1.54, 1.807) is 7.11 Å². The van der Waals surface area contributed by atoms with Gasteiger partial charge in [-0.2, -0.15) is 0 Å². The predicted molar refractivity (Wildman–Crippen MR) is 80.1 cm³/mol. The lowest BCUT2D eigenvalue weighted by Crippen LogP contribution is -2.14. The molecule has 0 aliphatic heterocycles. The molecular weight excluding hydrogens is 236 g/mol. The Morgan fingerprint density at radius 3 is 2.37 bits per heavy atom. The van der Waals surface area contributed by atoms with E-state index in [1.165, 1.54) is 16.7 Å². The normalized spacial score (nSPS) is 11.5. The Morgan fingerprint density at radius 2 is 1.89 bits per heavy atom. The Kier molecular flexibility index (Phi) is 5.16. The predicted octanol–water partition coefficient (Wildman–Crippen LogP) is 4.21.